The van der Waals surface area contributed by atoms with E-state index >= 15 is 0 Å². The normalized spacial score (nSPS) is 28.2. The monoisotopic (exact) mass is 210 g/mol. The lowest BCUT2D eigenvalue weighted by Crippen LogP contribution is -2.22. The summed E-state index contributed by atoms with van der Waals surface area (Å²) in [6.45, 7) is 5.59. The molecule has 1 fully saturated rings. The van der Waals surface area contributed by atoms with E-state index in [2.05, 4.69) is 5.10 Å². The van der Waals surface area contributed by atoms with E-state index in [1.807, 2.05) is 24.6 Å². The number of aliphatic hydroxyl groups excluding tert-OH is 1. The molecule has 1 N–H and O–H groups in total. The summed E-state index contributed by atoms with van der Waals surface area (Å²) < 4.78 is 7.31. The molecule has 0 bridgehead atoms. The van der Waals surface area contributed by atoms with Gasteiger partial charge in [0.25, 0.3) is 0 Å². The number of hydrogen-bond donors (Lipinski definition) is 1. The Balaban J connectivity index is 2.16. The quantitative estimate of drug-likeness (QED) is 0.819. The second kappa shape index (κ2) is 4.33. The molecule has 1 aliphatic heterocycles. The standard InChI is InChI=1S/C11H18N2O2/c1-3-13-10(4-6-12-13)11(14)9-5-7-15-8(9)2/h4,6,8-9,11,14H,3,5,7H2,1-2H3. The Bertz CT molecular complexity index is 324. The Morgan fingerprint density at radius 1 is 1.73 bits per heavy atom. The van der Waals surface area contributed by atoms with Crippen LogP contribution in [0.1, 0.15) is 32.1 Å². The highest BCUT2D eigenvalue weighted by atomic mass is 16.5. The molecular weight excluding hydrogens is 192 g/mol. The van der Waals surface area contributed by atoms with Gasteiger partial charge in [0.1, 0.15) is 6.10 Å². The van der Waals surface area contributed by atoms with Gasteiger partial charge in [0.05, 0.1) is 11.8 Å². The van der Waals surface area contributed by atoms with Crippen molar-refractivity contribution in [2.45, 2.75) is 39.0 Å². The highest BCUT2D eigenvalue weighted by Crippen LogP contribution is 2.32. The Morgan fingerprint density at radius 2 is 2.53 bits per heavy atom. The van der Waals surface area contributed by atoms with Gasteiger partial charge in [0, 0.05) is 25.3 Å². The molecule has 15 heavy (non-hydrogen) atoms. The van der Waals surface area contributed by atoms with E-state index in [4.69, 9.17) is 4.74 Å². The second-order valence-corrected chi connectivity index (χ2v) is 4.05. The van der Waals surface area contributed by atoms with Gasteiger partial charge in [-0.2, -0.15) is 5.10 Å². The van der Waals surface area contributed by atoms with Gasteiger partial charge in [-0.05, 0) is 26.3 Å². The summed E-state index contributed by atoms with van der Waals surface area (Å²) in [5, 5.41) is 14.4. The SMILES string of the molecule is CCn1nccc1C(O)C1CCOC1C. The molecule has 2 rings (SSSR count). The summed E-state index contributed by atoms with van der Waals surface area (Å²) >= 11 is 0. The van der Waals surface area contributed by atoms with E-state index in [-0.39, 0.29) is 12.0 Å². The first-order valence-corrected chi connectivity index (χ1v) is 5.55. The average molecular weight is 210 g/mol. The third-order valence-corrected chi connectivity index (χ3v) is 3.19. The first-order chi connectivity index (χ1) is 7.24. The van der Waals surface area contributed by atoms with Crippen molar-refractivity contribution in [1.29, 1.82) is 0 Å². The summed E-state index contributed by atoms with van der Waals surface area (Å²) in [5.74, 6) is 0.201. The van der Waals surface area contributed by atoms with E-state index in [9.17, 15) is 5.11 Å². The summed E-state index contributed by atoms with van der Waals surface area (Å²) in [5.41, 5.74) is 0.903. The lowest BCUT2D eigenvalue weighted by Gasteiger charge is -2.21. The number of nitrogens with zero attached hydrogens (tertiary/aromatic N) is 2. The van der Waals surface area contributed by atoms with Crippen molar-refractivity contribution in [3.63, 3.8) is 0 Å². The highest BCUT2D eigenvalue weighted by Gasteiger charge is 2.32. The van der Waals surface area contributed by atoms with Crippen LogP contribution in [0.3, 0.4) is 0 Å². The van der Waals surface area contributed by atoms with Crippen LogP contribution >= 0.6 is 0 Å². The maximum absolute atomic E-state index is 10.3. The molecule has 3 unspecified atom stereocenters. The van der Waals surface area contributed by atoms with Crippen LogP contribution in [-0.2, 0) is 11.3 Å². The molecule has 1 aliphatic rings. The molecule has 1 saturated heterocycles. The van der Waals surface area contributed by atoms with Gasteiger partial charge < -0.3 is 9.84 Å². The first kappa shape index (κ1) is 10.6. The second-order valence-electron chi connectivity index (χ2n) is 4.05. The predicted molar refractivity (Wildman–Crippen MR) is 56.4 cm³/mol. The fraction of sp³-hybridized carbons (Fsp3) is 0.727. The molecule has 0 aliphatic carbocycles. The van der Waals surface area contributed by atoms with Gasteiger partial charge in [-0.3, -0.25) is 4.68 Å². The maximum atomic E-state index is 10.3. The van der Waals surface area contributed by atoms with Gasteiger partial charge in [-0.15, -0.1) is 0 Å². The van der Waals surface area contributed by atoms with Gasteiger partial charge in [-0.1, -0.05) is 0 Å². The minimum Gasteiger partial charge on any atom is -0.386 e. The number of ether oxygens (including phenoxy) is 1. The molecule has 3 atom stereocenters. The number of aliphatic hydroxyl groups is 1. The fourth-order valence-electron chi connectivity index (χ4n) is 2.24. The molecule has 1 aromatic heterocycles. The summed E-state index contributed by atoms with van der Waals surface area (Å²) in [7, 11) is 0. The Morgan fingerprint density at radius 3 is 3.13 bits per heavy atom. The van der Waals surface area contributed by atoms with Crippen LogP contribution in [0.5, 0.6) is 0 Å². The third kappa shape index (κ3) is 1.92. The molecule has 0 amide bonds. The number of aryl methyl sites for hydroxylation is 1. The van der Waals surface area contributed by atoms with E-state index in [1.54, 1.807) is 6.20 Å². The predicted octanol–water partition coefficient (Wildman–Crippen LogP) is 1.36. The van der Waals surface area contributed by atoms with Crippen LogP contribution in [0, 0.1) is 5.92 Å². The van der Waals surface area contributed by atoms with Crippen LogP contribution in [0.4, 0.5) is 0 Å². The zero-order chi connectivity index (χ0) is 10.8. The smallest absolute Gasteiger partial charge is 0.101 e. The highest BCUT2D eigenvalue weighted by molar-refractivity contribution is 5.07. The van der Waals surface area contributed by atoms with E-state index < -0.39 is 6.10 Å². The third-order valence-electron chi connectivity index (χ3n) is 3.19. The summed E-state index contributed by atoms with van der Waals surface area (Å²) in [6.07, 6.45) is 2.35. The van der Waals surface area contributed by atoms with Gasteiger partial charge >= 0.3 is 0 Å². The molecule has 0 radical (unpaired) electrons. The molecule has 4 heteroatoms. The van der Waals surface area contributed by atoms with Crippen molar-refractivity contribution in [3.05, 3.63) is 18.0 Å². The zero-order valence-corrected chi connectivity index (χ0v) is 9.26. The molecule has 0 spiro atoms. The molecule has 84 valence electrons. The van der Waals surface area contributed by atoms with Gasteiger partial charge in [0.2, 0.25) is 0 Å². The van der Waals surface area contributed by atoms with Crippen LogP contribution in [0.25, 0.3) is 0 Å². The average Bonchev–Trinajstić information content (AvgIpc) is 2.84. The molecule has 1 aromatic rings. The van der Waals surface area contributed by atoms with E-state index in [1.165, 1.54) is 0 Å². The van der Waals surface area contributed by atoms with Crippen molar-refractivity contribution in [3.8, 4) is 0 Å². The number of hydrogen-bond acceptors (Lipinski definition) is 3. The summed E-state index contributed by atoms with van der Waals surface area (Å²) in [4.78, 5) is 0. The van der Waals surface area contributed by atoms with Gasteiger partial charge in [-0.25, -0.2) is 0 Å². The largest absolute Gasteiger partial charge is 0.386 e. The molecule has 0 saturated carbocycles. The van der Waals surface area contributed by atoms with Crippen LogP contribution in [0.15, 0.2) is 12.3 Å². The summed E-state index contributed by atoms with van der Waals surface area (Å²) in [6, 6.07) is 1.89. The lowest BCUT2D eigenvalue weighted by atomic mass is 9.94. The molecule has 0 aromatic carbocycles. The van der Waals surface area contributed by atoms with E-state index in [0.717, 1.165) is 25.3 Å². The molecule has 4 nitrogen and oxygen atoms in total. The van der Waals surface area contributed by atoms with Crippen molar-refractivity contribution < 1.29 is 9.84 Å². The topological polar surface area (TPSA) is 47.3 Å². The minimum atomic E-state index is -0.454. The Labute approximate surface area is 89.9 Å². The van der Waals surface area contributed by atoms with Crippen molar-refractivity contribution in [2.75, 3.05) is 6.61 Å². The Kier molecular flexibility index (Phi) is 3.07. The lowest BCUT2D eigenvalue weighted by molar-refractivity contribution is 0.0388. The van der Waals surface area contributed by atoms with Crippen LogP contribution < -0.4 is 0 Å². The fourth-order valence-corrected chi connectivity index (χ4v) is 2.24. The first-order valence-electron chi connectivity index (χ1n) is 5.55. The molecular formula is C11H18N2O2. The van der Waals surface area contributed by atoms with Crippen molar-refractivity contribution in [1.82, 2.24) is 9.78 Å². The Hall–Kier alpha value is -0.870. The molecule has 2 heterocycles. The van der Waals surface area contributed by atoms with Crippen LogP contribution in [-0.4, -0.2) is 27.6 Å². The van der Waals surface area contributed by atoms with E-state index in [0.29, 0.717) is 0 Å². The zero-order valence-electron chi connectivity index (χ0n) is 9.26. The minimum absolute atomic E-state index is 0.139. The van der Waals surface area contributed by atoms with Crippen molar-refractivity contribution in [2.24, 2.45) is 5.92 Å². The van der Waals surface area contributed by atoms with Gasteiger partial charge in [0.15, 0.2) is 0 Å². The number of rotatable bonds is 3. The van der Waals surface area contributed by atoms with Crippen molar-refractivity contribution >= 4 is 0 Å². The maximum Gasteiger partial charge on any atom is 0.101 e. The number of aromatic nitrogens is 2. The van der Waals surface area contributed by atoms with Crippen LogP contribution in [0.2, 0.25) is 0 Å².